The van der Waals surface area contributed by atoms with Gasteiger partial charge in [0.05, 0.1) is 4.88 Å². The number of hydrogen-bond acceptors (Lipinski definition) is 5. The van der Waals surface area contributed by atoms with E-state index in [0.717, 1.165) is 47.8 Å². The van der Waals surface area contributed by atoms with Gasteiger partial charge in [-0.25, -0.2) is 0 Å². The van der Waals surface area contributed by atoms with Crippen LogP contribution in [-0.4, -0.2) is 34.7 Å². The number of rotatable bonds is 5. The second-order valence-corrected chi connectivity index (χ2v) is 7.25. The summed E-state index contributed by atoms with van der Waals surface area (Å²) in [5, 5.41) is 6.09. The second kappa shape index (κ2) is 6.71. The van der Waals surface area contributed by atoms with E-state index in [4.69, 9.17) is 4.52 Å². The van der Waals surface area contributed by atoms with Crippen molar-refractivity contribution in [2.45, 2.75) is 33.1 Å². The summed E-state index contributed by atoms with van der Waals surface area (Å²) >= 11 is 1.64. The number of aryl methyl sites for hydroxylation is 1. The molecule has 114 valence electrons. The standard InChI is InChI=1S/C16H23N3OS/c1-12-9-13(2)11-19(10-12)7-3-6-15-17-16(18-20-15)14-5-4-8-21-14/h4-5,8,12-13H,3,6-7,9-11H2,1-2H3. The smallest absolute Gasteiger partial charge is 0.227 e. The Kier molecular flexibility index (Phi) is 4.70. The van der Waals surface area contributed by atoms with Crippen LogP contribution in [0.1, 0.15) is 32.6 Å². The first kappa shape index (κ1) is 14.7. The van der Waals surface area contributed by atoms with E-state index in [9.17, 15) is 0 Å². The molecule has 0 aromatic carbocycles. The van der Waals surface area contributed by atoms with Crippen LogP contribution in [0.15, 0.2) is 22.0 Å². The highest BCUT2D eigenvalue weighted by molar-refractivity contribution is 7.13. The van der Waals surface area contributed by atoms with Gasteiger partial charge in [-0.15, -0.1) is 11.3 Å². The molecule has 0 amide bonds. The number of likely N-dealkylation sites (tertiary alicyclic amines) is 1. The van der Waals surface area contributed by atoms with Gasteiger partial charge in [0, 0.05) is 19.5 Å². The minimum absolute atomic E-state index is 0.722. The first-order valence-electron chi connectivity index (χ1n) is 7.79. The van der Waals surface area contributed by atoms with E-state index in [1.54, 1.807) is 11.3 Å². The quantitative estimate of drug-likeness (QED) is 0.844. The van der Waals surface area contributed by atoms with Gasteiger partial charge < -0.3 is 9.42 Å². The van der Waals surface area contributed by atoms with Gasteiger partial charge in [-0.05, 0) is 42.7 Å². The SMILES string of the molecule is CC1CC(C)CN(CCCc2nc(-c3cccs3)no2)C1. The molecule has 1 aliphatic rings. The summed E-state index contributed by atoms with van der Waals surface area (Å²) in [4.78, 5) is 8.13. The van der Waals surface area contributed by atoms with E-state index in [-0.39, 0.29) is 0 Å². The lowest BCUT2D eigenvalue weighted by Gasteiger charge is -2.34. The van der Waals surface area contributed by atoms with Crippen LogP contribution in [0, 0.1) is 11.8 Å². The predicted octanol–water partition coefficient (Wildman–Crippen LogP) is 3.71. The fraction of sp³-hybridized carbons (Fsp3) is 0.625. The van der Waals surface area contributed by atoms with Crippen molar-refractivity contribution in [2.75, 3.05) is 19.6 Å². The topological polar surface area (TPSA) is 42.2 Å². The molecule has 4 nitrogen and oxygen atoms in total. The van der Waals surface area contributed by atoms with Crippen molar-refractivity contribution in [3.8, 4) is 10.7 Å². The summed E-state index contributed by atoms with van der Waals surface area (Å²) in [6, 6.07) is 4.03. The van der Waals surface area contributed by atoms with Crippen molar-refractivity contribution < 1.29 is 4.52 Å². The number of hydrogen-bond donors (Lipinski definition) is 0. The zero-order chi connectivity index (χ0) is 14.7. The molecule has 1 fully saturated rings. The minimum Gasteiger partial charge on any atom is -0.339 e. The van der Waals surface area contributed by atoms with E-state index in [2.05, 4.69) is 28.9 Å². The maximum absolute atomic E-state index is 5.35. The summed E-state index contributed by atoms with van der Waals surface area (Å²) in [6.07, 6.45) is 3.33. The van der Waals surface area contributed by atoms with Crippen LogP contribution < -0.4 is 0 Å². The van der Waals surface area contributed by atoms with Crippen molar-refractivity contribution in [2.24, 2.45) is 11.8 Å². The highest BCUT2D eigenvalue weighted by Gasteiger charge is 2.21. The van der Waals surface area contributed by atoms with E-state index in [0.29, 0.717) is 0 Å². The molecule has 0 radical (unpaired) electrons. The summed E-state index contributed by atoms with van der Waals surface area (Å²) in [5.41, 5.74) is 0. The lowest BCUT2D eigenvalue weighted by Crippen LogP contribution is -2.39. The average molecular weight is 305 g/mol. The van der Waals surface area contributed by atoms with Gasteiger partial charge in [-0.3, -0.25) is 0 Å². The highest BCUT2D eigenvalue weighted by atomic mass is 32.1. The van der Waals surface area contributed by atoms with Gasteiger partial charge in [0.25, 0.3) is 0 Å². The molecule has 1 saturated heterocycles. The first-order valence-corrected chi connectivity index (χ1v) is 8.67. The molecule has 0 bridgehead atoms. The molecule has 0 saturated carbocycles. The van der Waals surface area contributed by atoms with Crippen LogP contribution >= 0.6 is 11.3 Å². The maximum Gasteiger partial charge on any atom is 0.227 e. The predicted molar refractivity (Wildman–Crippen MR) is 85.3 cm³/mol. The Morgan fingerprint density at radius 1 is 1.33 bits per heavy atom. The molecule has 0 N–H and O–H groups in total. The van der Waals surface area contributed by atoms with E-state index < -0.39 is 0 Å². The number of piperidine rings is 1. The average Bonchev–Trinajstić information content (AvgIpc) is 3.08. The van der Waals surface area contributed by atoms with Gasteiger partial charge in [0.15, 0.2) is 0 Å². The van der Waals surface area contributed by atoms with Gasteiger partial charge >= 0.3 is 0 Å². The van der Waals surface area contributed by atoms with Crippen LogP contribution in [0.25, 0.3) is 10.7 Å². The van der Waals surface area contributed by atoms with Crippen molar-refractivity contribution in [3.05, 3.63) is 23.4 Å². The molecule has 0 spiro atoms. The largest absolute Gasteiger partial charge is 0.339 e. The Balaban J connectivity index is 1.47. The molecule has 0 aliphatic carbocycles. The Hall–Kier alpha value is -1.20. The Labute approximate surface area is 130 Å². The Morgan fingerprint density at radius 2 is 2.14 bits per heavy atom. The maximum atomic E-state index is 5.35. The molecule has 3 heterocycles. The van der Waals surface area contributed by atoms with Gasteiger partial charge in [-0.1, -0.05) is 25.1 Å². The molecular formula is C16H23N3OS. The number of thiophene rings is 1. The van der Waals surface area contributed by atoms with Crippen LogP contribution in [-0.2, 0) is 6.42 Å². The van der Waals surface area contributed by atoms with Gasteiger partial charge in [0.2, 0.25) is 11.7 Å². The van der Waals surface area contributed by atoms with Gasteiger partial charge in [-0.2, -0.15) is 4.98 Å². The molecule has 21 heavy (non-hydrogen) atoms. The Morgan fingerprint density at radius 3 is 2.86 bits per heavy atom. The third-order valence-corrected chi connectivity index (χ3v) is 4.88. The molecule has 2 aromatic heterocycles. The zero-order valence-electron chi connectivity index (χ0n) is 12.8. The highest BCUT2D eigenvalue weighted by Crippen LogP contribution is 2.23. The third-order valence-electron chi connectivity index (χ3n) is 4.02. The van der Waals surface area contributed by atoms with E-state index in [1.807, 2.05) is 17.5 Å². The van der Waals surface area contributed by atoms with Crippen molar-refractivity contribution >= 4 is 11.3 Å². The van der Waals surface area contributed by atoms with Crippen molar-refractivity contribution in [1.82, 2.24) is 15.0 Å². The fourth-order valence-corrected chi connectivity index (χ4v) is 3.94. The second-order valence-electron chi connectivity index (χ2n) is 6.30. The summed E-state index contributed by atoms with van der Waals surface area (Å²) in [5.74, 6) is 3.13. The zero-order valence-corrected chi connectivity index (χ0v) is 13.6. The van der Waals surface area contributed by atoms with E-state index in [1.165, 1.54) is 19.5 Å². The van der Waals surface area contributed by atoms with Crippen LogP contribution in [0.5, 0.6) is 0 Å². The van der Waals surface area contributed by atoms with Crippen molar-refractivity contribution in [1.29, 1.82) is 0 Å². The molecule has 2 unspecified atom stereocenters. The van der Waals surface area contributed by atoms with Crippen LogP contribution in [0.3, 0.4) is 0 Å². The molecule has 2 aromatic rings. The van der Waals surface area contributed by atoms with E-state index >= 15 is 0 Å². The number of aromatic nitrogens is 2. The molecule has 1 aliphatic heterocycles. The third kappa shape index (κ3) is 3.92. The summed E-state index contributed by atoms with van der Waals surface area (Å²) < 4.78 is 5.35. The monoisotopic (exact) mass is 305 g/mol. The van der Waals surface area contributed by atoms with Crippen molar-refractivity contribution in [3.63, 3.8) is 0 Å². The summed E-state index contributed by atoms with van der Waals surface area (Å²) in [6.45, 7) is 8.30. The first-order chi connectivity index (χ1) is 10.2. The molecular weight excluding hydrogens is 282 g/mol. The lowest BCUT2D eigenvalue weighted by atomic mass is 9.92. The Bertz CT molecular complexity index is 542. The number of nitrogens with zero attached hydrogens (tertiary/aromatic N) is 3. The lowest BCUT2D eigenvalue weighted by molar-refractivity contribution is 0.139. The van der Waals surface area contributed by atoms with Crippen LogP contribution in [0.2, 0.25) is 0 Å². The minimum atomic E-state index is 0.722. The molecule has 3 rings (SSSR count). The van der Waals surface area contributed by atoms with Gasteiger partial charge in [0.1, 0.15) is 0 Å². The normalized spacial score (nSPS) is 23.5. The fourth-order valence-electron chi connectivity index (χ4n) is 3.29. The van der Waals surface area contributed by atoms with Crippen LogP contribution in [0.4, 0.5) is 0 Å². The summed E-state index contributed by atoms with van der Waals surface area (Å²) in [7, 11) is 0. The molecule has 5 heteroatoms. The molecule has 2 atom stereocenters.